The Morgan fingerprint density at radius 1 is 1.46 bits per heavy atom. The smallest absolute Gasteiger partial charge is 0.255 e. The second-order valence-electron chi connectivity index (χ2n) is 7.84. The van der Waals surface area contributed by atoms with Crippen LogP contribution >= 0.6 is 11.6 Å². The minimum Gasteiger partial charge on any atom is -0.387 e. The number of carbonyl (C=O) groups is 1. The van der Waals surface area contributed by atoms with E-state index >= 15 is 0 Å². The van der Waals surface area contributed by atoms with E-state index in [1.807, 2.05) is 0 Å². The lowest BCUT2D eigenvalue weighted by atomic mass is 9.94. The Bertz CT molecular complexity index is 814. The third kappa shape index (κ3) is 6.28. The van der Waals surface area contributed by atoms with Crippen LogP contribution in [0.3, 0.4) is 0 Å². The van der Waals surface area contributed by atoms with Gasteiger partial charge in [0.2, 0.25) is 0 Å². The van der Waals surface area contributed by atoms with Crippen molar-refractivity contribution in [2.75, 3.05) is 18.1 Å². The van der Waals surface area contributed by atoms with Crippen LogP contribution in [0.2, 0.25) is 5.15 Å². The molecule has 3 unspecified atom stereocenters. The van der Waals surface area contributed by atoms with Crippen LogP contribution in [0, 0.1) is 0 Å². The maximum Gasteiger partial charge on any atom is 0.255 e. The fourth-order valence-corrected chi connectivity index (χ4v) is 4.48. The number of hydrogen-bond donors (Lipinski definition) is 3. The number of aliphatic hydroxyl groups is 1. The molecule has 28 heavy (non-hydrogen) atoms. The number of hydrogen-bond acceptors (Lipinski definition) is 6. The highest BCUT2D eigenvalue weighted by molar-refractivity contribution is 7.91. The van der Waals surface area contributed by atoms with E-state index < -0.39 is 32.8 Å². The molecule has 2 rings (SSSR count). The summed E-state index contributed by atoms with van der Waals surface area (Å²) in [5, 5.41) is 15.0. The van der Waals surface area contributed by atoms with Crippen LogP contribution in [0.15, 0.2) is 12.3 Å². The quantitative estimate of drug-likeness (QED) is 0.567. The number of pyridine rings is 1. The molecule has 1 aromatic heterocycles. The molecule has 1 fully saturated rings. The zero-order valence-corrected chi connectivity index (χ0v) is 17.8. The van der Waals surface area contributed by atoms with Gasteiger partial charge in [0, 0.05) is 18.5 Å². The molecule has 7 nitrogen and oxygen atoms in total. The summed E-state index contributed by atoms with van der Waals surface area (Å²) in [6.45, 7) is 2.29. The van der Waals surface area contributed by atoms with E-state index in [4.69, 9.17) is 11.6 Å². The summed E-state index contributed by atoms with van der Waals surface area (Å²) >= 11 is 5.96. The highest BCUT2D eigenvalue weighted by Gasteiger charge is 2.30. The van der Waals surface area contributed by atoms with Crippen LogP contribution in [0.5, 0.6) is 0 Å². The van der Waals surface area contributed by atoms with E-state index in [1.54, 1.807) is 0 Å². The van der Waals surface area contributed by atoms with Gasteiger partial charge in [-0.15, -0.1) is 0 Å². The molecule has 0 aromatic carbocycles. The van der Waals surface area contributed by atoms with Crippen LogP contribution in [-0.4, -0.2) is 60.3 Å². The molecule has 0 spiro atoms. The molecule has 10 heteroatoms. The van der Waals surface area contributed by atoms with Crippen LogP contribution in [0.25, 0.3) is 0 Å². The Balaban J connectivity index is 2.12. The molecule has 1 aliphatic carbocycles. The number of sulfone groups is 1. The summed E-state index contributed by atoms with van der Waals surface area (Å²) in [4.78, 5) is 16.4. The first kappa shape index (κ1) is 22.8. The van der Waals surface area contributed by atoms with Gasteiger partial charge in [0.15, 0.2) is 0 Å². The van der Waals surface area contributed by atoms with Crippen molar-refractivity contribution in [3.8, 4) is 0 Å². The molecule has 0 bridgehead atoms. The van der Waals surface area contributed by atoms with E-state index in [2.05, 4.69) is 15.6 Å². The SMILES string of the molecule is CC(C)(O)C(F)CNC(=O)c1cnc(Cl)cc1NC1CCCC(S(C)(=O)=O)C1. The number of anilines is 1. The Kier molecular flexibility index (Phi) is 7.27. The number of halogens is 2. The summed E-state index contributed by atoms with van der Waals surface area (Å²) < 4.78 is 37.6. The van der Waals surface area contributed by atoms with Crippen LogP contribution in [-0.2, 0) is 9.84 Å². The van der Waals surface area contributed by atoms with Crippen molar-refractivity contribution >= 4 is 33.0 Å². The maximum absolute atomic E-state index is 13.9. The van der Waals surface area contributed by atoms with Gasteiger partial charge in [-0.2, -0.15) is 0 Å². The Morgan fingerprint density at radius 2 is 2.14 bits per heavy atom. The molecule has 0 radical (unpaired) electrons. The highest BCUT2D eigenvalue weighted by Crippen LogP contribution is 2.28. The molecule has 1 aliphatic rings. The molecule has 0 aliphatic heterocycles. The zero-order valence-electron chi connectivity index (χ0n) is 16.2. The minimum atomic E-state index is -3.14. The lowest BCUT2D eigenvalue weighted by Crippen LogP contribution is -2.42. The van der Waals surface area contributed by atoms with E-state index in [9.17, 15) is 22.7 Å². The van der Waals surface area contributed by atoms with Crippen molar-refractivity contribution in [2.24, 2.45) is 0 Å². The molecular formula is C18H27ClFN3O4S. The number of rotatable bonds is 7. The fraction of sp³-hybridized carbons (Fsp3) is 0.667. The number of aromatic nitrogens is 1. The standard InChI is InChI=1S/C18H27ClFN3O4S/c1-18(2,25)15(20)10-22-17(24)13-9-21-16(19)8-14(13)23-11-5-4-6-12(7-11)28(3,26)27/h8-9,11-12,15,25H,4-7,10H2,1-3H3,(H,21,23)(H,22,24). The van der Waals surface area contributed by atoms with Crippen molar-refractivity contribution in [3.63, 3.8) is 0 Å². The van der Waals surface area contributed by atoms with E-state index in [1.165, 1.54) is 32.4 Å². The van der Waals surface area contributed by atoms with Crippen molar-refractivity contribution in [1.29, 1.82) is 0 Å². The summed E-state index contributed by atoms with van der Waals surface area (Å²) in [6, 6.07) is 1.35. The number of alkyl halides is 1. The Hall–Kier alpha value is -1.45. The van der Waals surface area contributed by atoms with E-state index in [0.29, 0.717) is 18.5 Å². The number of nitrogens with zero attached hydrogens (tertiary/aromatic N) is 1. The first-order valence-corrected chi connectivity index (χ1v) is 11.5. The highest BCUT2D eigenvalue weighted by atomic mass is 35.5. The molecule has 1 amide bonds. The summed E-state index contributed by atoms with van der Waals surface area (Å²) in [5.74, 6) is -0.561. The van der Waals surface area contributed by atoms with Gasteiger partial charge in [0.1, 0.15) is 21.2 Å². The largest absolute Gasteiger partial charge is 0.387 e. The number of nitrogens with one attached hydrogen (secondary N) is 2. The second kappa shape index (κ2) is 8.92. The fourth-order valence-electron chi connectivity index (χ4n) is 3.14. The summed E-state index contributed by atoms with van der Waals surface area (Å²) in [5.41, 5.74) is -0.987. The Labute approximate surface area is 170 Å². The first-order chi connectivity index (χ1) is 12.9. The maximum atomic E-state index is 13.9. The van der Waals surface area contributed by atoms with Gasteiger partial charge >= 0.3 is 0 Å². The van der Waals surface area contributed by atoms with E-state index in [0.717, 1.165) is 12.8 Å². The normalized spacial score (nSPS) is 21.8. The molecule has 0 saturated heterocycles. The molecule has 1 saturated carbocycles. The lowest BCUT2D eigenvalue weighted by molar-refractivity contribution is -0.00177. The van der Waals surface area contributed by atoms with E-state index in [-0.39, 0.29) is 23.3 Å². The summed E-state index contributed by atoms with van der Waals surface area (Å²) in [7, 11) is -3.14. The van der Waals surface area contributed by atoms with Crippen molar-refractivity contribution in [1.82, 2.24) is 10.3 Å². The van der Waals surface area contributed by atoms with Crippen LogP contribution in [0.4, 0.5) is 10.1 Å². The number of amides is 1. The third-order valence-corrected chi connectivity index (χ3v) is 6.76. The molecular weight excluding hydrogens is 409 g/mol. The molecule has 158 valence electrons. The lowest BCUT2D eigenvalue weighted by Gasteiger charge is -2.30. The molecule has 1 aromatic rings. The van der Waals surface area contributed by atoms with Gasteiger partial charge in [0.25, 0.3) is 5.91 Å². The predicted octanol–water partition coefficient (Wildman–Crippen LogP) is 2.34. The molecule has 3 atom stereocenters. The second-order valence-corrected chi connectivity index (χ2v) is 10.6. The Morgan fingerprint density at radius 3 is 2.75 bits per heavy atom. The zero-order chi connectivity index (χ0) is 21.1. The predicted molar refractivity (Wildman–Crippen MR) is 107 cm³/mol. The average Bonchev–Trinajstić information content (AvgIpc) is 2.58. The average molecular weight is 436 g/mol. The van der Waals surface area contributed by atoms with Gasteiger partial charge in [-0.05, 0) is 39.2 Å². The van der Waals surface area contributed by atoms with Crippen molar-refractivity contribution in [2.45, 2.75) is 62.6 Å². The van der Waals surface area contributed by atoms with Crippen molar-refractivity contribution in [3.05, 3.63) is 23.0 Å². The van der Waals surface area contributed by atoms with Crippen molar-refractivity contribution < 1.29 is 22.7 Å². The first-order valence-electron chi connectivity index (χ1n) is 9.13. The van der Waals surface area contributed by atoms with Gasteiger partial charge in [0.05, 0.1) is 28.6 Å². The number of carbonyl (C=O) groups excluding carboxylic acids is 1. The summed E-state index contributed by atoms with van der Waals surface area (Å²) in [6.07, 6.45) is 3.46. The van der Waals surface area contributed by atoms with Gasteiger partial charge in [-0.3, -0.25) is 4.79 Å². The van der Waals surface area contributed by atoms with Gasteiger partial charge < -0.3 is 15.7 Å². The van der Waals surface area contributed by atoms with Crippen LogP contribution in [0.1, 0.15) is 49.9 Å². The molecule has 3 N–H and O–H groups in total. The van der Waals surface area contributed by atoms with Gasteiger partial charge in [-0.25, -0.2) is 17.8 Å². The third-order valence-electron chi connectivity index (χ3n) is 4.91. The van der Waals surface area contributed by atoms with Crippen LogP contribution < -0.4 is 10.6 Å². The monoisotopic (exact) mass is 435 g/mol. The minimum absolute atomic E-state index is 0.135. The van der Waals surface area contributed by atoms with Gasteiger partial charge in [-0.1, -0.05) is 18.0 Å². The topological polar surface area (TPSA) is 108 Å². The molecule has 1 heterocycles.